The fourth-order valence-corrected chi connectivity index (χ4v) is 1.86. The molecule has 0 unspecified atom stereocenters. The molecule has 2 rings (SSSR count). The number of nitrogens with zero attached hydrogens (tertiary/aromatic N) is 2. The van der Waals surface area contributed by atoms with Crippen LogP contribution in [0.2, 0.25) is 0 Å². The van der Waals surface area contributed by atoms with Crippen LogP contribution in [0.25, 0.3) is 5.69 Å². The quantitative estimate of drug-likeness (QED) is 0.906. The van der Waals surface area contributed by atoms with Gasteiger partial charge in [-0.05, 0) is 32.9 Å². The molecule has 1 heterocycles. The van der Waals surface area contributed by atoms with Crippen molar-refractivity contribution in [2.24, 2.45) is 0 Å². The van der Waals surface area contributed by atoms with E-state index in [1.54, 1.807) is 17.9 Å². The van der Waals surface area contributed by atoms with Crippen molar-refractivity contribution in [1.29, 1.82) is 0 Å². The lowest BCUT2D eigenvalue weighted by Crippen LogP contribution is -2.20. The number of nitrogens with one attached hydrogen (secondary N) is 1. The molecule has 21 heavy (non-hydrogen) atoms. The molecule has 0 atom stereocenters. The van der Waals surface area contributed by atoms with Gasteiger partial charge in [0.25, 0.3) is 0 Å². The lowest BCUT2D eigenvalue weighted by atomic mass is 10.1. The molecule has 6 heteroatoms. The Hall–Kier alpha value is -2.34. The first kappa shape index (κ1) is 15.1. The summed E-state index contributed by atoms with van der Waals surface area (Å²) in [5.41, 5.74) is 1.94. The molecule has 112 valence electrons. The Balaban J connectivity index is 2.52. The van der Waals surface area contributed by atoms with Gasteiger partial charge in [0.1, 0.15) is 11.4 Å². The normalized spacial score (nSPS) is 11.4. The monoisotopic (exact) mass is 289 g/mol. The number of benzene rings is 1. The highest BCUT2D eigenvalue weighted by atomic mass is 16.5. The summed E-state index contributed by atoms with van der Waals surface area (Å²) in [6.45, 7) is 5.74. The third kappa shape index (κ3) is 3.22. The predicted octanol–water partition coefficient (Wildman–Crippen LogP) is 3.15. The number of hydrogen-bond donors (Lipinski definition) is 2. The Kier molecular flexibility index (Phi) is 3.99. The molecule has 1 aromatic heterocycles. The summed E-state index contributed by atoms with van der Waals surface area (Å²) in [5.74, 6) is 0.381. The Morgan fingerprint density at radius 3 is 2.48 bits per heavy atom. The minimum atomic E-state index is -1.13. The fraction of sp³-hybridized carbons (Fsp3) is 0.333. The SMILES string of the molecule is COC(C)(C)c1cc(NC(=O)O)n(-c2ccc(C)cc2)n1. The number of amides is 1. The number of hydrogen-bond acceptors (Lipinski definition) is 3. The molecule has 2 N–H and O–H groups in total. The van der Waals surface area contributed by atoms with E-state index < -0.39 is 11.7 Å². The second kappa shape index (κ2) is 5.57. The van der Waals surface area contributed by atoms with Gasteiger partial charge in [-0.1, -0.05) is 17.7 Å². The molecule has 0 aliphatic carbocycles. The molecule has 6 nitrogen and oxygen atoms in total. The number of ether oxygens (including phenoxy) is 1. The van der Waals surface area contributed by atoms with Crippen molar-refractivity contribution < 1.29 is 14.6 Å². The highest BCUT2D eigenvalue weighted by molar-refractivity contribution is 5.82. The molecule has 0 radical (unpaired) electrons. The number of carboxylic acid groups (broad SMARTS) is 1. The van der Waals surface area contributed by atoms with Crippen molar-refractivity contribution in [2.75, 3.05) is 12.4 Å². The van der Waals surface area contributed by atoms with Gasteiger partial charge in [-0.3, -0.25) is 5.32 Å². The third-order valence-corrected chi connectivity index (χ3v) is 3.35. The minimum absolute atomic E-state index is 0.381. The maximum atomic E-state index is 11.0. The molecule has 0 aliphatic rings. The van der Waals surface area contributed by atoms with Crippen molar-refractivity contribution in [3.05, 3.63) is 41.6 Å². The highest BCUT2D eigenvalue weighted by Crippen LogP contribution is 2.27. The van der Waals surface area contributed by atoms with E-state index in [4.69, 9.17) is 9.84 Å². The Morgan fingerprint density at radius 1 is 1.33 bits per heavy atom. The third-order valence-electron chi connectivity index (χ3n) is 3.35. The van der Waals surface area contributed by atoms with E-state index >= 15 is 0 Å². The van der Waals surface area contributed by atoms with E-state index in [2.05, 4.69) is 10.4 Å². The first-order valence-electron chi connectivity index (χ1n) is 6.56. The van der Waals surface area contributed by atoms with Crippen molar-refractivity contribution in [2.45, 2.75) is 26.4 Å². The predicted molar refractivity (Wildman–Crippen MR) is 80.0 cm³/mol. The van der Waals surface area contributed by atoms with Gasteiger partial charge < -0.3 is 9.84 Å². The maximum absolute atomic E-state index is 11.0. The van der Waals surface area contributed by atoms with Gasteiger partial charge >= 0.3 is 6.09 Å². The van der Waals surface area contributed by atoms with E-state index in [9.17, 15) is 4.79 Å². The van der Waals surface area contributed by atoms with Gasteiger partial charge in [0.15, 0.2) is 0 Å². The van der Waals surface area contributed by atoms with Gasteiger partial charge in [0.05, 0.1) is 11.4 Å². The molecule has 2 aromatic rings. The zero-order chi connectivity index (χ0) is 15.6. The lowest BCUT2D eigenvalue weighted by molar-refractivity contribution is 0.0152. The van der Waals surface area contributed by atoms with Crippen molar-refractivity contribution in [3.63, 3.8) is 0 Å². The van der Waals surface area contributed by atoms with E-state index in [0.29, 0.717) is 11.5 Å². The molecule has 0 fully saturated rings. The number of aromatic nitrogens is 2. The van der Waals surface area contributed by atoms with Gasteiger partial charge in [0, 0.05) is 13.2 Å². The minimum Gasteiger partial charge on any atom is -0.465 e. The van der Waals surface area contributed by atoms with Crippen LogP contribution in [0.4, 0.5) is 10.6 Å². The van der Waals surface area contributed by atoms with E-state index in [1.807, 2.05) is 45.0 Å². The second-order valence-corrected chi connectivity index (χ2v) is 5.31. The van der Waals surface area contributed by atoms with Crippen molar-refractivity contribution in [1.82, 2.24) is 9.78 Å². The van der Waals surface area contributed by atoms with Gasteiger partial charge in [-0.25, -0.2) is 9.48 Å². The van der Waals surface area contributed by atoms with Gasteiger partial charge in [0.2, 0.25) is 0 Å². The summed E-state index contributed by atoms with van der Waals surface area (Å²) >= 11 is 0. The van der Waals surface area contributed by atoms with E-state index in [0.717, 1.165) is 11.3 Å². The first-order chi connectivity index (χ1) is 9.83. The molecular weight excluding hydrogens is 270 g/mol. The summed E-state index contributed by atoms with van der Waals surface area (Å²) in [7, 11) is 1.59. The fourth-order valence-electron chi connectivity index (χ4n) is 1.86. The maximum Gasteiger partial charge on any atom is 0.410 e. The van der Waals surface area contributed by atoms with Crippen LogP contribution in [0.15, 0.2) is 30.3 Å². The topological polar surface area (TPSA) is 76.4 Å². The Labute approximate surface area is 123 Å². The van der Waals surface area contributed by atoms with Crippen molar-refractivity contribution >= 4 is 11.9 Å². The highest BCUT2D eigenvalue weighted by Gasteiger charge is 2.25. The summed E-state index contributed by atoms with van der Waals surface area (Å²) in [4.78, 5) is 11.0. The molecule has 1 amide bonds. The average Bonchev–Trinajstić information content (AvgIpc) is 2.83. The zero-order valence-electron chi connectivity index (χ0n) is 12.5. The van der Waals surface area contributed by atoms with Crippen LogP contribution in [0.1, 0.15) is 25.1 Å². The van der Waals surface area contributed by atoms with Crippen LogP contribution in [0, 0.1) is 6.92 Å². The number of methoxy groups -OCH3 is 1. The standard InChI is InChI=1S/C15H19N3O3/c1-10-5-7-11(8-6-10)18-13(16-14(19)20)9-12(17-18)15(2,3)21-4/h5-9,16H,1-4H3,(H,19,20). The van der Waals surface area contributed by atoms with Crippen LogP contribution in [0.3, 0.4) is 0 Å². The second-order valence-electron chi connectivity index (χ2n) is 5.31. The Bertz CT molecular complexity index is 645. The van der Waals surface area contributed by atoms with Crippen LogP contribution in [-0.2, 0) is 10.3 Å². The number of carbonyl (C=O) groups is 1. The van der Waals surface area contributed by atoms with Crippen LogP contribution < -0.4 is 5.32 Å². The first-order valence-corrected chi connectivity index (χ1v) is 6.56. The number of aryl methyl sites for hydroxylation is 1. The summed E-state index contributed by atoms with van der Waals surface area (Å²) < 4.78 is 6.96. The smallest absolute Gasteiger partial charge is 0.410 e. The summed E-state index contributed by atoms with van der Waals surface area (Å²) in [6.07, 6.45) is -1.13. The zero-order valence-corrected chi connectivity index (χ0v) is 12.5. The molecule has 0 spiro atoms. The van der Waals surface area contributed by atoms with Gasteiger partial charge in [-0.15, -0.1) is 0 Å². The van der Waals surface area contributed by atoms with Crippen LogP contribution >= 0.6 is 0 Å². The van der Waals surface area contributed by atoms with Crippen molar-refractivity contribution in [3.8, 4) is 5.69 Å². The van der Waals surface area contributed by atoms with E-state index in [-0.39, 0.29) is 0 Å². The summed E-state index contributed by atoms with van der Waals surface area (Å²) in [6, 6.07) is 9.35. The molecule has 1 aromatic carbocycles. The lowest BCUT2D eigenvalue weighted by Gasteiger charge is -2.19. The average molecular weight is 289 g/mol. The summed E-state index contributed by atoms with van der Waals surface area (Å²) in [5, 5.41) is 15.8. The van der Waals surface area contributed by atoms with Gasteiger partial charge in [-0.2, -0.15) is 5.10 Å². The molecule has 0 saturated heterocycles. The Morgan fingerprint density at radius 2 is 1.95 bits per heavy atom. The molecule has 0 saturated carbocycles. The number of anilines is 1. The number of rotatable bonds is 4. The molecule has 0 aliphatic heterocycles. The molecule has 0 bridgehead atoms. The largest absolute Gasteiger partial charge is 0.465 e. The van der Waals surface area contributed by atoms with Crippen LogP contribution in [0.5, 0.6) is 0 Å². The van der Waals surface area contributed by atoms with Crippen LogP contribution in [-0.4, -0.2) is 28.1 Å². The molecular formula is C15H19N3O3. The van der Waals surface area contributed by atoms with E-state index in [1.165, 1.54) is 0 Å².